The molecule has 0 unspecified atom stereocenters. The van der Waals surface area contributed by atoms with Crippen molar-refractivity contribution in [2.45, 2.75) is 14.4 Å². The molecular weight excluding hydrogens is 403 g/mol. The lowest BCUT2D eigenvalue weighted by Gasteiger charge is -1.98. The number of nitrogens with zero attached hydrogens (tertiary/aromatic N) is 3. The van der Waals surface area contributed by atoms with Crippen LogP contribution in [0.4, 0.5) is 4.39 Å². The summed E-state index contributed by atoms with van der Waals surface area (Å²) in [5.74, 6) is 0.396. The molecule has 1 amide bonds. The first-order chi connectivity index (χ1) is 13.2. The first kappa shape index (κ1) is 19.5. The van der Waals surface area contributed by atoms with Crippen molar-refractivity contribution in [1.82, 2.24) is 15.6 Å². The molecule has 1 N–H and O–H groups in total. The quantitative estimate of drug-likeness (QED) is 0.337. The molecule has 5 nitrogen and oxygen atoms in total. The Bertz CT molecular complexity index is 918. The first-order valence-electron chi connectivity index (χ1n) is 7.89. The van der Waals surface area contributed by atoms with Crippen molar-refractivity contribution in [2.75, 3.05) is 5.75 Å². The summed E-state index contributed by atoms with van der Waals surface area (Å²) in [6.45, 7) is 0. The highest BCUT2D eigenvalue weighted by molar-refractivity contribution is 8.03. The summed E-state index contributed by atoms with van der Waals surface area (Å²) in [6.07, 6.45) is 1.40. The van der Waals surface area contributed by atoms with Crippen LogP contribution in [0.3, 0.4) is 0 Å². The van der Waals surface area contributed by atoms with Gasteiger partial charge in [-0.3, -0.25) is 4.79 Å². The maximum absolute atomic E-state index is 13.0. The third-order valence-corrected chi connectivity index (χ3v) is 6.43. The van der Waals surface area contributed by atoms with Crippen LogP contribution in [0.15, 0.2) is 68.4 Å². The van der Waals surface area contributed by atoms with Gasteiger partial charge in [-0.05, 0) is 23.3 Å². The number of aromatic nitrogens is 2. The lowest BCUT2D eigenvalue weighted by Crippen LogP contribution is -2.19. The Balaban J connectivity index is 1.40. The second kappa shape index (κ2) is 10.2. The van der Waals surface area contributed by atoms with Crippen LogP contribution < -0.4 is 5.43 Å². The molecule has 3 rings (SSSR count). The Morgan fingerprint density at radius 2 is 1.89 bits per heavy atom. The average molecular weight is 419 g/mol. The molecule has 0 saturated heterocycles. The number of hydrazone groups is 1. The fraction of sp³-hybridized carbons (Fsp3) is 0.111. The summed E-state index contributed by atoms with van der Waals surface area (Å²) < 4.78 is 14.6. The van der Waals surface area contributed by atoms with Crippen LogP contribution in [0.1, 0.15) is 11.1 Å². The van der Waals surface area contributed by atoms with E-state index < -0.39 is 0 Å². The number of thioether (sulfide) groups is 2. The normalized spacial score (nSPS) is 11.0. The van der Waals surface area contributed by atoms with E-state index >= 15 is 0 Å². The standard InChI is InChI=1S/C18H15FN4OS3/c19-15-8-4-7-14(9-15)10-20-21-16(24)12-26-18-23-22-17(27-18)25-11-13-5-2-1-3-6-13/h1-10H,11-12H2,(H,21,24)/b20-10-. The number of carbonyl (C=O) groups excluding carboxylic acids is 1. The van der Waals surface area contributed by atoms with E-state index in [0.717, 1.165) is 14.4 Å². The van der Waals surface area contributed by atoms with Gasteiger partial charge in [-0.25, -0.2) is 9.82 Å². The van der Waals surface area contributed by atoms with Crippen molar-refractivity contribution in [3.63, 3.8) is 0 Å². The van der Waals surface area contributed by atoms with E-state index in [1.165, 1.54) is 47.0 Å². The minimum atomic E-state index is -0.349. The third-order valence-electron chi connectivity index (χ3n) is 3.17. The number of hydrogen-bond acceptors (Lipinski definition) is 7. The van der Waals surface area contributed by atoms with Crippen LogP contribution in [-0.4, -0.2) is 28.1 Å². The maximum Gasteiger partial charge on any atom is 0.250 e. The molecule has 2 aromatic carbocycles. The number of amides is 1. The summed E-state index contributed by atoms with van der Waals surface area (Å²) in [7, 11) is 0. The van der Waals surface area contributed by atoms with Gasteiger partial charge >= 0.3 is 0 Å². The third kappa shape index (κ3) is 6.78. The second-order valence-electron chi connectivity index (χ2n) is 5.25. The molecular formula is C18H15FN4OS3. The van der Waals surface area contributed by atoms with E-state index in [1.54, 1.807) is 23.9 Å². The first-order valence-corrected chi connectivity index (χ1v) is 10.7. The van der Waals surface area contributed by atoms with Gasteiger partial charge in [-0.2, -0.15) is 5.10 Å². The van der Waals surface area contributed by atoms with Crippen LogP contribution in [0.5, 0.6) is 0 Å². The van der Waals surface area contributed by atoms with Gasteiger partial charge in [0.05, 0.1) is 12.0 Å². The van der Waals surface area contributed by atoms with E-state index in [-0.39, 0.29) is 17.5 Å². The Morgan fingerprint density at radius 3 is 2.67 bits per heavy atom. The lowest BCUT2D eigenvalue weighted by atomic mass is 10.2. The number of hydrogen-bond donors (Lipinski definition) is 1. The van der Waals surface area contributed by atoms with Gasteiger partial charge in [-0.15, -0.1) is 10.2 Å². The van der Waals surface area contributed by atoms with Gasteiger partial charge in [0.1, 0.15) is 5.82 Å². The number of benzene rings is 2. The molecule has 1 heterocycles. The van der Waals surface area contributed by atoms with Gasteiger partial charge in [0.15, 0.2) is 8.68 Å². The highest BCUT2D eigenvalue weighted by atomic mass is 32.2. The topological polar surface area (TPSA) is 67.2 Å². The van der Waals surface area contributed by atoms with Crippen LogP contribution in [0.25, 0.3) is 0 Å². The van der Waals surface area contributed by atoms with Crippen molar-refractivity contribution in [1.29, 1.82) is 0 Å². The van der Waals surface area contributed by atoms with E-state index in [1.807, 2.05) is 18.2 Å². The zero-order chi connectivity index (χ0) is 18.9. The summed E-state index contributed by atoms with van der Waals surface area (Å²) in [5.41, 5.74) is 4.21. The lowest BCUT2D eigenvalue weighted by molar-refractivity contribution is -0.118. The Morgan fingerprint density at radius 1 is 1.11 bits per heavy atom. The van der Waals surface area contributed by atoms with E-state index in [0.29, 0.717) is 5.56 Å². The molecule has 138 valence electrons. The number of nitrogens with one attached hydrogen (secondary N) is 1. The van der Waals surface area contributed by atoms with E-state index in [2.05, 4.69) is 32.9 Å². The largest absolute Gasteiger partial charge is 0.272 e. The number of halogens is 1. The van der Waals surface area contributed by atoms with Gasteiger partial charge in [0, 0.05) is 5.75 Å². The van der Waals surface area contributed by atoms with Crippen molar-refractivity contribution in [3.05, 3.63) is 71.5 Å². The van der Waals surface area contributed by atoms with Crippen LogP contribution >= 0.6 is 34.9 Å². The molecule has 9 heteroatoms. The molecule has 0 aliphatic heterocycles. The summed E-state index contributed by atoms with van der Waals surface area (Å²) in [6, 6.07) is 16.1. The molecule has 0 aliphatic rings. The minimum absolute atomic E-state index is 0.179. The van der Waals surface area contributed by atoms with Crippen molar-refractivity contribution in [2.24, 2.45) is 5.10 Å². The van der Waals surface area contributed by atoms with Crippen LogP contribution in [-0.2, 0) is 10.5 Å². The maximum atomic E-state index is 13.0. The minimum Gasteiger partial charge on any atom is -0.272 e. The predicted octanol–water partition coefficient (Wildman–Crippen LogP) is 4.21. The Kier molecular flexibility index (Phi) is 7.37. The second-order valence-corrected chi connectivity index (χ2v) is 8.67. The summed E-state index contributed by atoms with van der Waals surface area (Å²) >= 11 is 4.38. The van der Waals surface area contributed by atoms with Gasteiger partial charge in [0.2, 0.25) is 0 Å². The molecule has 3 aromatic rings. The number of carbonyl (C=O) groups is 1. The molecule has 0 saturated carbocycles. The van der Waals surface area contributed by atoms with E-state index in [4.69, 9.17) is 0 Å². The molecule has 0 aliphatic carbocycles. The fourth-order valence-electron chi connectivity index (χ4n) is 1.96. The zero-order valence-electron chi connectivity index (χ0n) is 14.0. The number of rotatable bonds is 8. The Labute approximate surface area is 168 Å². The van der Waals surface area contributed by atoms with Gasteiger partial charge in [0.25, 0.3) is 5.91 Å². The highest BCUT2D eigenvalue weighted by Gasteiger charge is 2.08. The van der Waals surface area contributed by atoms with Crippen LogP contribution in [0, 0.1) is 5.82 Å². The highest BCUT2D eigenvalue weighted by Crippen LogP contribution is 2.30. The summed E-state index contributed by atoms with van der Waals surface area (Å²) in [4.78, 5) is 11.8. The molecule has 1 aromatic heterocycles. The molecule has 0 spiro atoms. The molecule has 27 heavy (non-hydrogen) atoms. The monoisotopic (exact) mass is 418 g/mol. The zero-order valence-corrected chi connectivity index (χ0v) is 16.5. The van der Waals surface area contributed by atoms with E-state index in [9.17, 15) is 9.18 Å². The van der Waals surface area contributed by atoms with Gasteiger partial charge < -0.3 is 0 Å². The SMILES string of the molecule is O=C(CSc1nnc(SCc2ccccc2)s1)N/N=C\c1cccc(F)c1. The predicted molar refractivity (Wildman–Crippen MR) is 109 cm³/mol. The molecule has 0 fully saturated rings. The van der Waals surface area contributed by atoms with Crippen LogP contribution in [0.2, 0.25) is 0 Å². The fourth-order valence-corrected chi connectivity index (χ4v) is 4.73. The average Bonchev–Trinajstić information content (AvgIpc) is 3.14. The molecule has 0 radical (unpaired) electrons. The smallest absolute Gasteiger partial charge is 0.250 e. The van der Waals surface area contributed by atoms with Crippen molar-refractivity contribution in [3.8, 4) is 0 Å². The molecule has 0 atom stereocenters. The van der Waals surface area contributed by atoms with Crippen molar-refractivity contribution >= 4 is 47.0 Å². The van der Waals surface area contributed by atoms with Gasteiger partial charge in [-0.1, -0.05) is 77.3 Å². The Hall–Kier alpha value is -2.23. The van der Waals surface area contributed by atoms with Crippen molar-refractivity contribution < 1.29 is 9.18 Å². The molecule has 0 bridgehead atoms. The summed E-state index contributed by atoms with van der Waals surface area (Å²) in [5, 5.41) is 12.0.